The van der Waals surface area contributed by atoms with Crippen molar-refractivity contribution in [2.24, 2.45) is 0 Å². The molecule has 0 amide bonds. The van der Waals surface area contributed by atoms with Crippen LogP contribution >= 0.6 is 11.6 Å². The summed E-state index contributed by atoms with van der Waals surface area (Å²) in [5.74, 6) is 1.96. The molecule has 0 bridgehead atoms. The number of anilines is 2. The number of rotatable bonds is 7. The van der Waals surface area contributed by atoms with Gasteiger partial charge in [0, 0.05) is 5.69 Å². The van der Waals surface area contributed by atoms with Crippen LogP contribution in [0.2, 0.25) is 5.28 Å². The van der Waals surface area contributed by atoms with E-state index in [9.17, 15) is 0 Å². The number of fused-ring (bicyclic) bond motifs is 1. The second-order valence-corrected chi connectivity index (χ2v) is 7.58. The molecule has 162 valence electrons. The van der Waals surface area contributed by atoms with Gasteiger partial charge in [-0.15, -0.1) is 0 Å². The Morgan fingerprint density at radius 3 is 2.47 bits per heavy atom. The predicted molar refractivity (Wildman–Crippen MR) is 123 cm³/mol. The minimum Gasteiger partial charge on any atom is -0.497 e. The SMILES string of the molecule is COc1ccc(Cn2cnc3c(Nc4c(C)cc(OCC#N)cc4C)nc(Cl)nc32)cc1. The Kier molecular flexibility index (Phi) is 6.10. The molecule has 0 aliphatic carbocycles. The summed E-state index contributed by atoms with van der Waals surface area (Å²) in [5.41, 5.74) is 5.08. The number of nitriles is 1. The van der Waals surface area contributed by atoms with E-state index < -0.39 is 0 Å². The second kappa shape index (κ2) is 9.12. The molecule has 0 radical (unpaired) electrons. The fourth-order valence-corrected chi connectivity index (χ4v) is 3.65. The molecule has 0 fully saturated rings. The van der Waals surface area contributed by atoms with Crippen LogP contribution < -0.4 is 14.8 Å². The fraction of sp³-hybridized carbons (Fsp3) is 0.217. The van der Waals surface area contributed by atoms with Crippen molar-refractivity contribution >= 4 is 34.3 Å². The zero-order chi connectivity index (χ0) is 22.7. The van der Waals surface area contributed by atoms with Crippen molar-refractivity contribution in [1.82, 2.24) is 19.5 Å². The lowest BCUT2D eigenvalue weighted by Crippen LogP contribution is -2.04. The highest BCUT2D eigenvalue weighted by atomic mass is 35.5. The van der Waals surface area contributed by atoms with Gasteiger partial charge in [0.15, 0.2) is 23.6 Å². The molecule has 2 aromatic heterocycles. The normalized spacial score (nSPS) is 10.7. The van der Waals surface area contributed by atoms with Gasteiger partial charge in [0.05, 0.1) is 20.0 Å². The third-order valence-electron chi connectivity index (χ3n) is 5.00. The van der Waals surface area contributed by atoms with Crippen LogP contribution in [0, 0.1) is 25.2 Å². The minimum atomic E-state index is -0.000569. The number of imidazole rings is 1. The number of ether oxygens (including phenoxy) is 2. The third-order valence-corrected chi connectivity index (χ3v) is 5.17. The maximum atomic E-state index is 8.73. The lowest BCUT2D eigenvalue weighted by molar-refractivity contribution is 0.367. The summed E-state index contributed by atoms with van der Waals surface area (Å²) in [6.07, 6.45) is 1.73. The Morgan fingerprint density at radius 2 is 1.81 bits per heavy atom. The molecule has 0 spiro atoms. The first kappa shape index (κ1) is 21.4. The van der Waals surface area contributed by atoms with Gasteiger partial charge in [-0.25, -0.2) is 4.98 Å². The monoisotopic (exact) mass is 448 g/mol. The summed E-state index contributed by atoms with van der Waals surface area (Å²) in [7, 11) is 1.64. The molecule has 1 N–H and O–H groups in total. The molecule has 2 heterocycles. The van der Waals surface area contributed by atoms with E-state index in [0.717, 1.165) is 28.1 Å². The van der Waals surface area contributed by atoms with E-state index >= 15 is 0 Å². The largest absolute Gasteiger partial charge is 0.497 e. The number of methoxy groups -OCH3 is 1. The number of aryl methyl sites for hydroxylation is 2. The zero-order valence-electron chi connectivity index (χ0n) is 17.9. The van der Waals surface area contributed by atoms with Crippen LogP contribution in [0.15, 0.2) is 42.7 Å². The van der Waals surface area contributed by atoms with Gasteiger partial charge >= 0.3 is 0 Å². The average Bonchev–Trinajstić information content (AvgIpc) is 3.17. The van der Waals surface area contributed by atoms with Crippen LogP contribution in [0.1, 0.15) is 16.7 Å². The van der Waals surface area contributed by atoms with Crippen molar-refractivity contribution in [1.29, 1.82) is 5.26 Å². The Bertz CT molecular complexity index is 1290. The van der Waals surface area contributed by atoms with Gasteiger partial charge in [0.1, 0.15) is 17.6 Å². The van der Waals surface area contributed by atoms with Crippen LogP contribution in [-0.2, 0) is 6.54 Å². The molecule has 4 aromatic rings. The topological polar surface area (TPSA) is 97.9 Å². The predicted octanol–water partition coefficient (Wildman–Crippen LogP) is 4.80. The van der Waals surface area contributed by atoms with Gasteiger partial charge in [0.2, 0.25) is 5.28 Å². The van der Waals surface area contributed by atoms with Crippen LogP contribution in [0.3, 0.4) is 0 Å². The van der Waals surface area contributed by atoms with Crippen molar-refractivity contribution in [3.05, 3.63) is 64.7 Å². The lowest BCUT2D eigenvalue weighted by Gasteiger charge is -2.14. The number of hydrogen-bond donors (Lipinski definition) is 1. The maximum Gasteiger partial charge on any atom is 0.226 e. The van der Waals surface area contributed by atoms with Gasteiger partial charge in [0.25, 0.3) is 0 Å². The summed E-state index contributed by atoms with van der Waals surface area (Å²) in [4.78, 5) is 13.3. The summed E-state index contributed by atoms with van der Waals surface area (Å²) in [5, 5.41) is 12.2. The number of halogens is 1. The number of aromatic nitrogens is 4. The summed E-state index contributed by atoms with van der Waals surface area (Å²) >= 11 is 6.25. The quantitative estimate of drug-likeness (QED) is 0.405. The van der Waals surface area contributed by atoms with Gasteiger partial charge in [-0.3, -0.25) is 0 Å². The molecule has 2 aromatic carbocycles. The van der Waals surface area contributed by atoms with Gasteiger partial charge in [-0.1, -0.05) is 12.1 Å². The average molecular weight is 449 g/mol. The van der Waals surface area contributed by atoms with Crippen molar-refractivity contribution in [3.8, 4) is 17.6 Å². The van der Waals surface area contributed by atoms with Crippen LogP contribution in [0.5, 0.6) is 11.5 Å². The molecule has 0 unspecified atom stereocenters. The summed E-state index contributed by atoms with van der Waals surface area (Å²) in [6, 6.07) is 13.5. The van der Waals surface area contributed by atoms with E-state index in [1.54, 1.807) is 13.4 Å². The number of hydrogen-bond acceptors (Lipinski definition) is 7. The highest BCUT2D eigenvalue weighted by Gasteiger charge is 2.15. The van der Waals surface area contributed by atoms with E-state index in [1.807, 2.05) is 60.9 Å². The van der Waals surface area contributed by atoms with E-state index in [0.29, 0.717) is 29.3 Å². The van der Waals surface area contributed by atoms with Crippen LogP contribution in [0.4, 0.5) is 11.5 Å². The maximum absolute atomic E-state index is 8.73. The van der Waals surface area contributed by atoms with E-state index in [2.05, 4.69) is 20.3 Å². The molecule has 0 aliphatic rings. The number of benzene rings is 2. The fourth-order valence-electron chi connectivity index (χ4n) is 3.49. The number of nitrogens with zero attached hydrogens (tertiary/aromatic N) is 5. The van der Waals surface area contributed by atoms with Crippen LogP contribution in [0.25, 0.3) is 11.2 Å². The lowest BCUT2D eigenvalue weighted by atomic mass is 10.1. The first-order valence-corrected chi connectivity index (χ1v) is 10.3. The molecule has 8 nitrogen and oxygen atoms in total. The minimum absolute atomic E-state index is 0.000569. The highest BCUT2D eigenvalue weighted by Crippen LogP contribution is 2.31. The van der Waals surface area contributed by atoms with E-state index in [1.165, 1.54) is 0 Å². The standard InChI is InChI=1S/C23H21ClN6O2/c1-14-10-18(32-9-8-25)11-15(2)19(14)27-21-20-22(29-23(24)28-21)30(13-26-20)12-16-4-6-17(31-3)7-5-16/h4-7,10-11,13H,9,12H2,1-3H3,(H,27,28,29). The molecule has 0 saturated heterocycles. The Hall–Kier alpha value is -3.83. The molecule has 0 aliphatic heterocycles. The summed E-state index contributed by atoms with van der Waals surface area (Å²) < 4.78 is 12.6. The second-order valence-electron chi connectivity index (χ2n) is 7.24. The molecule has 0 saturated carbocycles. The first-order chi connectivity index (χ1) is 15.5. The van der Waals surface area contributed by atoms with Crippen molar-refractivity contribution in [2.75, 3.05) is 19.0 Å². The van der Waals surface area contributed by atoms with Crippen molar-refractivity contribution in [3.63, 3.8) is 0 Å². The Labute approximate surface area is 190 Å². The van der Waals surface area contributed by atoms with E-state index in [-0.39, 0.29) is 11.9 Å². The van der Waals surface area contributed by atoms with Gasteiger partial charge < -0.3 is 19.4 Å². The molecule has 32 heavy (non-hydrogen) atoms. The molecule has 0 atom stereocenters. The van der Waals surface area contributed by atoms with Gasteiger partial charge in [-0.2, -0.15) is 15.2 Å². The molecule has 4 rings (SSSR count). The molecular formula is C23H21ClN6O2. The third kappa shape index (κ3) is 4.43. The Morgan fingerprint density at radius 1 is 1.09 bits per heavy atom. The molecule has 9 heteroatoms. The number of nitrogens with one attached hydrogen (secondary N) is 1. The van der Waals surface area contributed by atoms with Crippen molar-refractivity contribution < 1.29 is 9.47 Å². The highest BCUT2D eigenvalue weighted by molar-refractivity contribution is 6.28. The zero-order valence-corrected chi connectivity index (χ0v) is 18.6. The Balaban J connectivity index is 1.66. The van der Waals surface area contributed by atoms with E-state index in [4.69, 9.17) is 26.3 Å². The van der Waals surface area contributed by atoms with Gasteiger partial charge in [-0.05, 0) is 66.4 Å². The van der Waals surface area contributed by atoms with Crippen LogP contribution in [-0.4, -0.2) is 33.2 Å². The van der Waals surface area contributed by atoms with Crippen molar-refractivity contribution in [2.45, 2.75) is 20.4 Å². The molecular weight excluding hydrogens is 428 g/mol. The first-order valence-electron chi connectivity index (χ1n) is 9.88. The summed E-state index contributed by atoms with van der Waals surface area (Å²) in [6.45, 7) is 4.49. The smallest absolute Gasteiger partial charge is 0.226 e.